The Kier molecular flexibility index (Phi) is 4.36. The van der Waals surface area contributed by atoms with E-state index in [-0.39, 0.29) is 11.3 Å². The monoisotopic (exact) mass is 275 g/mol. The van der Waals surface area contributed by atoms with Gasteiger partial charge in [-0.1, -0.05) is 32.9 Å². The van der Waals surface area contributed by atoms with Crippen LogP contribution in [0.2, 0.25) is 0 Å². The van der Waals surface area contributed by atoms with Crippen molar-refractivity contribution in [3.8, 4) is 5.75 Å². The minimum atomic E-state index is 0.0648. The van der Waals surface area contributed by atoms with Crippen LogP contribution in [0.5, 0.6) is 5.75 Å². The van der Waals surface area contributed by atoms with E-state index in [1.165, 1.54) is 5.56 Å². The van der Waals surface area contributed by atoms with Gasteiger partial charge in [0.25, 0.3) is 0 Å². The van der Waals surface area contributed by atoms with Crippen molar-refractivity contribution in [1.29, 1.82) is 0 Å². The van der Waals surface area contributed by atoms with E-state index < -0.39 is 0 Å². The number of carbonyl (C=O) groups excluding carboxylic acids is 1. The molecule has 0 N–H and O–H groups in total. The Balaban J connectivity index is 1.96. The molecular weight excluding hydrogens is 250 g/mol. The molecule has 20 heavy (non-hydrogen) atoms. The molecule has 0 aliphatic carbocycles. The van der Waals surface area contributed by atoms with E-state index in [0.29, 0.717) is 12.3 Å². The Hall–Kier alpha value is -1.51. The third kappa shape index (κ3) is 3.75. The molecule has 1 amide bonds. The first-order valence-corrected chi connectivity index (χ1v) is 7.31. The molecule has 1 atom stereocenters. The molecule has 3 nitrogen and oxygen atoms in total. The highest BCUT2D eigenvalue weighted by molar-refractivity contribution is 5.77. The van der Waals surface area contributed by atoms with E-state index in [0.717, 1.165) is 25.3 Å². The lowest BCUT2D eigenvalue weighted by atomic mass is 9.91. The Labute approximate surface area is 121 Å². The summed E-state index contributed by atoms with van der Waals surface area (Å²) in [7, 11) is 1.68. The maximum Gasteiger partial charge on any atom is 0.223 e. The van der Waals surface area contributed by atoms with Crippen molar-refractivity contribution in [2.75, 3.05) is 20.2 Å². The van der Waals surface area contributed by atoms with E-state index in [2.05, 4.69) is 32.9 Å². The minimum Gasteiger partial charge on any atom is -0.497 e. The predicted octanol–water partition coefficient (Wildman–Crippen LogP) is 3.45. The van der Waals surface area contributed by atoms with Gasteiger partial charge in [-0.15, -0.1) is 0 Å². The van der Waals surface area contributed by atoms with Crippen LogP contribution in [0.15, 0.2) is 24.3 Å². The Morgan fingerprint density at radius 2 is 1.95 bits per heavy atom. The second-order valence-corrected chi connectivity index (χ2v) is 6.84. The highest BCUT2D eigenvalue weighted by atomic mass is 16.5. The quantitative estimate of drug-likeness (QED) is 0.845. The largest absolute Gasteiger partial charge is 0.497 e. The fourth-order valence-electron chi connectivity index (χ4n) is 2.70. The average Bonchev–Trinajstić information content (AvgIpc) is 2.86. The molecule has 2 rings (SSSR count). The van der Waals surface area contributed by atoms with Crippen LogP contribution in [0.1, 0.15) is 45.1 Å². The standard InChI is InChI=1S/C17H25NO2/c1-17(2,3)11-16(19)18-10-9-14(12-18)13-5-7-15(20-4)8-6-13/h5-8,14H,9-12H2,1-4H3. The van der Waals surface area contributed by atoms with E-state index in [4.69, 9.17) is 4.74 Å². The number of hydrogen-bond acceptors (Lipinski definition) is 2. The average molecular weight is 275 g/mol. The first-order chi connectivity index (χ1) is 9.39. The maximum atomic E-state index is 12.2. The molecule has 1 unspecified atom stereocenters. The summed E-state index contributed by atoms with van der Waals surface area (Å²) >= 11 is 0. The second-order valence-electron chi connectivity index (χ2n) is 6.84. The Bertz CT molecular complexity index is 459. The van der Waals surface area contributed by atoms with Gasteiger partial charge in [-0.25, -0.2) is 0 Å². The molecule has 1 fully saturated rings. The number of methoxy groups -OCH3 is 1. The van der Waals surface area contributed by atoms with Gasteiger partial charge in [0.2, 0.25) is 5.91 Å². The molecule has 1 aliphatic rings. The normalized spacial score (nSPS) is 19.2. The van der Waals surface area contributed by atoms with Gasteiger partial charge in [0.1, 0.15) is 5.75 Å². The molecular formula is C17H25NO2. The van der Waals surface area contributed by atoms with E-state index in [1.54, 1.807) is 7.11 Å². The Morgan fingerprint density at radius 1 is 1.30 bits per heavy atom. The first kappa shape index (κ1) is 14.9. The predicted molar refractivity (Wildman–Crippen MR) is 81.0 cm³/mol. The highest BCUT2D eigenvalue weighted by Gasteiger charge is 2.29. The van der Waals surface area contributed by atoms with Crippen LogP contribution in [-0.4, -0.2) is 31.0 Å². The lowest BCUT2D eigenvalue weighted by Gasteiger charge is -2.23. The van der Waals surface area contributed by atoms with E-state index in [9.17, 15) is 4.79 Å². The molecule has 0 spiro atoms. The lowest BCUT2D eigenvalue weighted by Crippen LogP contribution is -2.31. The number of rotatable bonds is 3. The van der Waals surface area contributed by atoms with Gasteiger partial charge < -0.3 is 9.64 Å². The number of hydrogen-bond donors (Lipinski definition) is 0. The molecule has 1 heterocycles. The van der Waals surface area contributed by atoms with Crippen LogP contribution in [0.3, 0.4) is 0 Å². The number of ether oxygens (including phenoxy) is 1. The van der Waals surface area contributed by atoms with Crippen molar-refractivity contribution in [3.63, 3.8) is 0 Å². The van der Waals surface area contributed by atoms with Gasteiger partial charge in [-0.3, -0.25) is 4.79 Å². The van der Waals surface area contributed by atoms with Gasteiger partial charge in [0, 0.05) is 25.4 Å². The summed E-state index contributed by atoms with van der Waals surface area (Å²) in [6, 6.07) is 8.21. The zero-order chi connectivity index (χ0) is 14.8. The minimum absolute atomic E-state index is 0.0648. The molecule has 0 saturated carbocycles. The Morgan fingerprint density at radius 3 is 2.50 bits per heavy atom. The fourth-order valence-corrected chi connectivity index (χ4v) is 2.70. The number of carbonyl (C=O) groups is 1. The maximum absolute atomic E-state index is 12.2. The highest BCUT2D eigenvalue weighted by Crippen LogP contribution is 2.30. The molecule has 0 aromatic heterocycles. The van der Waals surface area contributed by atoms with Crippen molar-refractivity contribution >= 4 is 5.91 Å². The van der Waals surface area contributed by atoms with Gasteiger partial charge in [-0.2, -0.15) is 0 Å². The van der Waals surface area contributed by atoms with Crippen molar-refractivity contribution in [3.05, 3.63) is 29.8 Å². The summed E-state index contributed by atoms with van der Waals surface area (Å²) in [5, 5.41) is 0. The van der Waals surface area contributed by atoms with Crippen molar-refractivity contribution in [1.82, 2.24) is 4.90 Å². The van der Waals surface area contributed by atoms with Gasteiger partial charge in [-0.05, 0) is 29.5 Å². The molecule has 0 bridgehead atoms. The summed E-state index contributed by atoms with van der Waals surface area (Å²) in [5.41, 5.74) is 1.37. The third-order valence-electron chi connectivity index (χ3n) is 3.81. The first-order valence-electron chi connectivity index (χ1n) is 7.31. The molecule has 1 saturated heterocycles. The summed E-state index contributed by atoms with van der Waals surface area (Å²) in [5.74, 6) is 1.63. The summed E-state index contributed by atoms with van der Waals surface area (Å²) in [4.78, 5) is 14.3. The summed E-state index contributed by atoms with van der Waals surface area (Å²) in [6.45, 7) is 8.07. The lowest BCUT2D eigenvalue weighted by molar-refractivity contribution is -0.132. The van der Waals surface area contributed by atoms with Crippen LogP contribution < -0.4 is 4.74 Å². The molecule has 110 valence electrons. The SMILES string of the molecule is COc1ccc(C2CCN(C(=O)CC(C)(C)C)C2)cc1. The van der Waals surface area contributed by atoms with Crippen molar-refractivity contribution in [2.45, 2.75) is 39.5 Å². The third-order valence-corrected chi connectivity index (χ3v) is 3.81. The zero-order valence-corrected chi connectivity index (χ0v) is 13.0. The van der Waals surface area contributed by atoms with Gasteiger partial charge in [0.05, 0.1) is 7.11 Å². The number of benzene rings is 1. The molecule has 0 radical (unpaired) electrons. The molecule has 1 aromatic carbocycles. The van der Waals surface area contributed by atoms with Crippen LogP contribution in [-0.2, 0) is 4.79 Å². The van der Waals surface area contributed by atoms with Crippen molar-refractivity contribution in [2.24, 2.45) is 5.41 Å². The topological polar surface area (TPSA) is 29.5 Å². The van der Waals surface area contributed by atoms with Crippen LogP contribution >= 0.6 is 0 Å². The molecule has 1 aliphatic heterocycles. The zero-order valence-electron chi connectivity index (χ0n) is 13.0. The van der Waals surface area contributed by atoms with Crippen LogP contribution in [0.4, 0.5) is 0 Å². The smallest absolute Gasteiger partial charge is 0.223 e. The van der Waals surface area contributed by atoms with E-state index >= 15 is 0 Å². The van der Waals surface area contributed by atoms with Crippen LogP contribution in [0, 0.1) is 5.41 Å². The number of nitrogens with zero attached hydrogens (tertiary/aromatic N) is 1. The molecule has 1 aromatic rings. The fraction of sp³-hybridized carbons (Fsp3) is 0.588. The van der Waals surface area contributed by atoms with Gasteiger partial charge in [0.15, 0.2) is 0 Å². The second kappa shape index (κ2) is 5.86. The number of likely N-dealkylation sites (tertiary alicyclic amines) is 1. The summed E-state index contributed by atoms with van der Waals surface area (Å²) in [6.07, 6.45) is 1.69. The van der Waals surface area contributed by atoms with Crippen LogP contribution in [0.25, 0.3) is 0 Å². The van der Waals surface area contributed by atoms with E-state index in [1.807, 2.05) is 17.0 Å². The molecule has 3 heteroatoms. The number of amides is 1. The van der Waals surface area contributed by atoms with Gasteiger partial charge >= 0.3 is 0 Å². The van der Waals surface area contributed by atoms with Crippen molar-refractivity contribution < 1.29 is 9.53 Å². The summed E-state index contributed by atoms with van der Waals surface area (Å²) < 4.78 is 5.18.